The Balaban J connectivity index is 1.14. The van der Waals surface area contributed by atoms with Crippen LogP contribution in [0.3, 0.4) is 0 Å². The van der Waals surface area contributed by atoms with Crippen LogP contribution < -0.4 is 21.7 Å². The lowest BCUT2D eigenvalue weighted by molar-refractivity contribution is 0.0462. The number of amides is 2. The van der Waals surface area contributed by atoms with Crippen LogP contribution in [-0.4, -0.2) is 30.8 Å². The van der Waals surface area contributed by atoms with Crippen LogP contribution in [0.5, 0.6) is 0 Å². The maximum atomic E-state index is 13.6. The fraction of sp³-hybridized carbons (Fsp3) is 0.0698. The molecule has 0 bridgehead atoms. The number of benzene rings is 6. The third-order valence-corrected chi connectivity index (χ3v) is 8.32. The lowest BCUT2D eigenvalue weighted by Gasteiger charge is -2.16. The number of esters is 2. The zero-order valence-electron chi connectivity index (χ0n) is 28.8. The van der Waals surface area contributed by atoms with Crippen molar-refractivity contribution in [3.05, 3.63) is 179 Å². The third kappa shape index (κ3) is 9.13. The molecule has 6 aromatic rings. The molecule has 264 valence electrons. The van der Waals surface area contributed by atoms with Crippen LogP contribution >= 0.6 is 0 Å². The Hall–Kier alpha value is -7.20. The van der Waals surface area contributed by atoms with Crippen LogP contribution in [0.1, 0.15) is 52.6 Å². The van der Waals surface area contributed by atoms with Gasteiger partial charge in [-0.2, -0.15) is 0 Å². The second-order valence-electron chi connectivity index (χ2n) is 12.0. The van der Waals surface area contributed by atoms with E-state index in [0.717, 1.165) is 0 Å². The fourth-order valence-electron chi connectivity index (χ4n) is 5.48. The van der Waals surface area contributed by atoms with Gasteiger partial charge in [-0.05, 0) is 95.1 Å². The summed E-state index contributed by atoms with van der Waals surface area (Å²) < 4.78 is 11.4. The van der Waals surface area contributed by atoms with E-state index in [0.29, 0.717) is 56.1 Å². The van der Waals surface area contributed by atoms with Gasteiger partial charge >= 0.3 is 11.9 Å². The van der Waals surface area contributed by atoms with Crippen molar-refractivity contribution in [3.63, 3.8) is 0 Å². The van der Waals surface area contributed by atoms with Gasteiger partial charge in [-0.1, -0.05) is 72.8 Å². The molecule has 0 spiro atoms. The van der Waals surface area contributed by atoms with Crippen LogP contribution in [-0.2, 0) is 22.7 Å². The topological polar surface area (TPSA) is 149 Å². The Morgan fingerprint density at radius 1 is 0.509 bits per heavy atom. The molecule has 0 aromatic heterocycles. The molecule has 0 heterocycles. The third-order valence-electron chi connectivity index (χ3n) is 8.32. The summed E-state index contributed by atoms with van der Waals surface area (Å²) in [6.45, 7) is -0.111. The van der Waals surface area contributed by atoms with E-state index in [-0.39, 0.29) is 36.2 Å². The molecule has 0 aliphatic rings. The molecule has 0 saturated carbocycles. The second-order valence-corrected chi connectivity index (χ2v) is 12.0. The molecule has 6 rings (SSSR count). The number of nitrogens with two attached hydrogens (primary N) is 1. The number of carbonyl (C=O) groups is 4. The number of anilines is 4. The second kappa shape index (κ2) is 16.7. The highest BCUT2D eigenvalue weighted by atomic mass is 16.5. The molecule has 0 fully saturated rings. The van der Waals surface area contributed by atoms with Gasteiger partial charge in [0.05, 0.1) is 11.1 Å². The summed E-state index contributed by atoms with van der Waals surface area (Å²) >= 11 is 0. The molecule has 10 nitrogen and oxygen atoms in total. The smallest absolute Gasteiger partial charge is 0.339 e. The Kier molecular flexibility index (Phi) is 11.2. The molecule has 0 unspecified atom stereocenters. The van der Waals surface area contributed by atoms with Gasteiger partial charge in [0.15, 0.2) is 0 Å². The average Bonchev–Trinajstić information content (AvgIpc) is 3.20. The Labute approximate surface area is 306 Å². The van der Waals surface area contributed by atoms with Crippen molar-refractivity contribution in [2.75, 3.05) is 28.7 Å². The minimum Gasteiger partial charge on any atom is -0.457 e. The van der Waals surface area contributed by atoms with Crippen molar-refractivity contribution in [1.29, 1.82) is 0 Å². The molecule has 2 amide bonds. The molecule has 0 saturated heterocycles. The van der Waals surface area contributed by atoms with E-state index in [1.54, 1.807) is 110 Å². The number of ether oxygens (including phenoxy) is 2. The SMILES string of the molecule is CNc1ccc(-c2ccc(N)cc2C(=O)OCc2ccc(C(=O)Nc3ccccc3)cc2)c(C(=O)OCc2ccc(C(=O)Nc3ccccc3)cc2)c1. The number of para-hydroxylation sites is 2. The number of rotatable bonds is 12. The Morgan fingerprint density at radius 2 is 0.943 bits per heavy atom. The summed E-state index contributed by atoms with van der Waals surface area (Å²) in [5.74, 6) is -1.78. The lowest BCUT2D eigenvalue weighted by Crippen LogP contribution is -2.12. The summed E-state index contributed by atoms with van der Waals surface area (Å²) in [6, 6.07) is 41.8. The van der Waals surface area contributed by atoms with E-state index in [9.17, 15) is 19.2 Å². The van der Waals surface area contributed by atoms with E-state index in [1.807, 2.05) is 36.4 Å². The highest BCUT2D eigenvalue weighted by molar-refractivity contribution is 6.06. The molecule has 5 N–H and O–H groups in total. The van der Waals surface area contributed by atoms with E-state index in [2.05, 4.69) is 16.0 Å². The van der Waals surface area contributed by atoms with Crippen molar-refractivity contribution in [2.24, 2.45) is 0 Å². The Bertz CT molecular complexity index is 2240. The van der Waals surface area contributed by atoms with Gasteiger partial charge in [0, 0.05) is 40.9 Å². The van der Waals surface area contributed by atoms with Gasteiger partial charge in [-0.25, -0.2) is 9.59 Å². The van der Waals surface area contributed by atoms with E-state index < -0.39 is 11.9 Å². The molecular weight excluding hydrogens is 668 g/mol. The summed E-state index contributed by atoms with van der Waals surface area (Å²) in [7, 11) is 1.73. The molecule has 0 aliphatic heterocycles. The maximum absolute atomic E-state index is 13.6. The highest BCUT2D eigenvalue weighted by Gasteiger charge is 2.22. The highest BCUT2D eigenvalue weighted by Crippen LogP contribution is 2.32. The number of nitrogens with one attached hydrogen (secondary N) is 3. The number of nitrogen functional groups attached to an aromatic ring is 1. The molecular formula is C43H36N4O6. The lowest BCUT2D eigenvalue weighted by atomic mass is 9.94. The van der Waals surface area contributed by atoms with Gasteiger partial charge in [-0.3, -0.25) is 9.59 Å². The van der Waals surface area contributed by atoms with Crippen LogP contribution in [0.2, 0.25) is 0 Å². The molecule has 53 heavy (non-hydrogen) atoms. The number of hydrogen-bond donors (Lipinski definition) is 4. The molecule has 6 aromatic carbocycles. The number of hydrogen-bond acceptors (Lipinski definition) is 8. The van der Waals surface area contributed by atoms with Crippen LogP contribution in [0.4, 0.5) is 22.7 Å². The molecule has 10 heteroatoms. The van der Waals surface area contributed by atoms with Gasteiger partial charge in [0.25, 0.3) is 11.8 Å². The van der Waals surface area contributed by atoms with Gasteiger partial charge in [0.2, 0.25) is 0 Å². The predicted octanol–water partition coefficient (Wildman–Crippen LogP) is 8.20. The van der Waals surface area contributed by atoms with Crippen molar-refractivity contribution in [2.45, 2.75) is 13.2 Å². The molecule has 0 radical (unpaired) electrons. The first-order valence-corrected chi connectivity index (χ1v) is 16.7. The zero-order valence-corrected chi connectivity index (χ0v) is 28.8. The standard InChI is InChI=1S/C43H36N4O6/c1-45-35-21-23-37(39(25-35)43(51)53-27-29-14-18-31(19-15-29)41(49)47-34-10-6-3-7-11-34)36-22-20-32(44)24-38(36)42(50)52-26-28-12-16-30(17-13-28)40(48)46-33-8-4-2-5-9-33/h2-25,45H,26-27,44H2,1H3,(H,46,48)(H,47,49). The van der Waals surface area contributed by atoms with Crippen molar-refractivity contribution in [3.8, 4) is 11.1 Å². The summed E-state index contributed by atoms with van der Waals surface area (Å²) in [5, 5.41) is 8.71. The number of carbonyl (C=O) groups excluding carboxylic acids is 4. The van der Waals surface area contributed by atoms with E-state index >= 15 is 0 Å². The van der Waals surface area contributed by atoms with Crippen LogP contribution in [0.25, 0.3) is 11.1 Å². The quantitative estimate of drug-likeness (QED) is 0.0736. The van der Waals surface area contributed by atoms with Gasteiger partial charge < -0.3 is 31.2 Å². The van der Waals surface area contributed by atoms with E-state index in [4.69, 9.17) is 15.2 Å². The predicted molar refractivity (Wildman–Crippen MR) is 206 cm³/mol. The van der Waals surface area contributed by atoms with Crippen molar-refractivity contribution >= 4 is 46.5 Å². The molecule has 0 aliphatic carbocycles. The zero-order chi connectivity index (χ0) is 37.2. The largest absolute Gasteiger partial charge is 0.457 e. The molecule has 0 atom stereocenters. The summed E-state index contributed by atoms with van der Waals surface area (Å²) in [4.78, 5) is 52.4. The average molecular weight is 705 g/mol. The maximum Gasteiger partial charge on any atom is 0.339 e. The van der Waals surface area contributed by atoms with Crippen LogP contribution in [0, 0.1) is 0 Å². The van der Waals surface area contributed by atoms with Crippen LogP contribution in [0.15, 0.2) is 146 Å². The van der Waals surface area contributed by atoms with Gasteiger partial charge in [-0.15, -0.1) is 0 Å². The van der Waals surface area contributed by atoms with E-state index in [1.165, 1.54) is 6.07 Å². The van der Waals surface area contributed by atoms with Crippen molar-refractivity contribution < 1.29 is 28.7 Å². The van der Waals surface area contributed by atoms with Crippen molar-refractivity contribution in [1.82, 2.24) is 0 Å². The first-order chi connectivity index (χ1) is 25.8. The normalized spacial score (nSPS) is 10.5. The Morgan fingerprint density at radius 3 is 1.40 bits per heavy atom. The fourth-order valence-corrected chi connectivity index (χ4v) is 5.48. The summed E-state index contributed by atoms with van der Waals surface area (Å²) in [6.07, 6.45) is 0. The first kappa shape index (κ1) is 35.6. The monoisotopic (exact) mass is 704 g/mol. The van der Waals surface area contributed by atoms with Gasteiger partial charge in [0.1, 0.15) is 13.2 Å². The summed E-state index contributed by atoms with van der Waals surface area (Å²) in [5.41, 5.74) is 12.0. The minimum absolute atomic E-state index is 0.0496. The first-order valence-electron chi connectivity index (χ1n) is 16.7. The minimum atomic E-state index is -0.647.